The maximum atomic E-state index is 10.2. The molecule has 7 nitrogen and oxygen atoms in total. The van der Waals surface area contributed by atoms with Crippen LogP contribution < -0.4 is 0 Å². The number of phenols is 6. The van der Waals surface area contributed by atoms with Crippen LogP contribution in [0.1, 0.15) is 228 Å². The molecule has 0 atom stereocenters. The Balaban J connectivity index is 0.000000133. The van der Waals surface area contributed by atoms with Crippen LogP contribution in [-0.2, 0) is 64.7 Å². The van der Waals surface area contributed by atoms with E-state index in [1.165, 1.54) is 67.4 Å². The number of nitrogens with zero attached hydrogens (tertiary/aromatic N) is 1. The number of phenolic OH excluding ortho intramolecular Hbond substituents is 6. The van der Waals surface area contributed by atoms with Crippen LogP contribution >= 0.6 is 0 Å². The van der Waals surface area contributed by atoms with Crippen molar-refractivity contribution in [2.45, 2.75) is 237 Å². The zero-order chi connectivity index (χ0) is 69.7. The van der Waals surface area contributed by atoms with Crippen LogP contribution in [0.15, 0.2) is 146 Å². The summed E-state index contributed by atoms with van der Waals surface area (Å²) in [4.78, 5) is 0. The van der Waals surface area contributed by atoms with Gasteiger partial charge in [-0.25, -0.2) is 0 Å². The first-order valence-electron chi connectivity index (χ1n) is 34.5. The molecule has 1 heterocycles. The summed E-state index contributed by atoms with van der Waals surface area (Å²) < 4.78 is 2.34. The van der Waals surface area contributed by atoms with E-state index in [1.54, 1.807) is 24.3 Å². The molecule has 0 amide bonds. The van der Waals surface area contributed by atoms with Gasteiger partial charge in [0.2, 0.25) is 0 Å². The molecule has 1 aromatic heterocycles. The van der Waals surface area contributed by atoms with Crippen LogP contribution in [0.5, 0.6) is 34.5 Å². The zero-order valence-corrected chi connectivity index (χ0v) is 61.4. The molecule has 0 saturated carbocycles. The lowest BCUT2D eigenvalue weighted by atomic mass is 9.57. The quantitative estimate of drug-likeness (QED) is 0.102. The molecule has 6 N–H and O–H groups in total. The maximum Gasteiger partial charge on any atom is 0.125 e. The number of aryl methyl sites for hydroxylation is 1. The smallest absolute Gasteiger partial charge is 0.125 e. The Kier molecular flexibility index (Phi) is 18.4. The van der Waals surface area contributed by atoms with E-state index in [0.29, 0.717) is 50.7 Å². The van der Waals surface area contributed by atoms with Gasteiger partial charge in [0.05, 0.1) is 5.52 Å². The highest BCUT2D eigenvalue weighted by Gasteiger charge is 2.49. The lowest BCUT2D eigenvalue weighted by Gasteiger charge is -2.47. The highest BCUT2D eigenvalue weighted by atomic mass is 16.3. The maximum absolute atomic E-state index is 10.2. The highest BCUT2D eigenvalue weighted by molar-refractivity contribution is 6.11. The average molecular weight is 1270 g/mol. The van der Waals surface area contributed by atoms with Crippen LogP contribution in [0.3, 0.4) is 0 Å². The lowest BCUT2D eigenvalue weighted by molar-refractivity contribution is 0.0964. The van der Waals surface area contributed by atoms with Gasteiger partial charge in [-0.15, -0.1) is 0 Å². The Morgan fingerprint density at radius 1 is 0.340 bits per heavy atom. The molecule has 0 aliphatic heterocycles. The molecule has 0 unspecified atom stereocenters. The minimum atomic E-state index is 0.0230. The summed E-state index contributed by atoms with van der Waals surface area (Å²) in [7, 11) is 0. The van der Waals surface area contributed by atoms with Crippen molar-refractivity contribution in [3.05, 3.63) is 201 Å². The molecule has 0 fully saturated rings. The summed E-state index contributed by atoms with van der Waals surface area (Å²) in [5.74, 6) is 2.38. The number of hydrogen-bond donors (Lipinski definition) is 6. The van der Waals surface area contributed by atoms with E-state index in [9.17, 15) is 30.6 Å². The van der Waals surface area contributed by atoms with Gasteiger partial charge in [0, 0.05) is 27.2 Å². The number of benzene rings is 8. The van der Waals surface area contributed by atoms with Crippen molar-refractivity contribution in [3.63, 3.8) is 0 Å². The predicted molar refractivity (Wildman–Crippen MR) is 396 cm³/mol. The second-order valence-corrected chi connectivity index (χ2v) is 34.7. The summed E-state index contributed by atoms with van der Waals surface area (Å²) in [6, 6.07) is 47.5. The van der Waals surface area contributed by atoms with Gasteiger partial charge in [-0.05, 0) is 241 Å². The molecular formula is C87H113NO6. The number of fused-ring (bicyclic) bond motifs is 7. The molecule has 502 valence electrons. The lowest BCUT2D eigenvalue weighted by Crippen LogP contribution is -2.40. The summed E-state index contributed by atoms with van der Waals surface area (Å²) in [6.45, 7) is 52.7. The normalized spacial score (nSPS) is 19.7. The van der Waals surface area contributed by atoms with Crippen molar-refractivity contribution in [1.82, 2.24) is 4.57 Å². The first kappa shape index (κ1) is 70.9. The Morgan fingerprint density at radius 2 is 0.777 bits per heavy atom. The largest absolute Gasteiger partial charge is 0.508 e. The summed E-state index contributed by atoms with van der Waals surface area (Å²) in [5.41, 5.74) is 17.8. The number of rotatable bonds is 2. The molecule has 9 aromatic rings. The van der Waals surface area contributed by atoms with Gasteiger partial charge in [0.1, 0.15) is 34.5 Å². The number of para-hydroxylation sites is 1. The van der Waals surface area contributed by atoms with Crippen LogP contribution in [0.25, 0.3) is 32.6 Å². The van der Waals surface area contributed by atoms with Gasteiger partial charge in [0.15, 0.2) is 0 Å². The van der Waals surface area contributed by atoms with Gasteiger partial charge < -0.3 is 35.2 Å². The molecular weight excluding hydrogens is 1150 g/mol. The molecule has 7 heteroatoms. The Bertz CT molecular complexity index is 4280. The topological polar surface area (TPSA) is 126 Å². The highest BCUT2D eigenvalue weighted by Crippen LogP contribution is 2.57. The standard InChI is InChI=1S/C17H19NO.C16H18O.2C14H20O.2C13H18O/c1-4-17(2,3)18-13-9-6-5-8-12(13)16-14(18)10-7-11-15(16)19;1-15(2)11-7-5-6-10-13(17)9-8-12(14(10)11)16(15,3)4;1-13(2)8-10-5-6-12(15)7-11(10)9-14(13,3)4;1-13(2)8-7-10-9-11(15)5-6-12(10)14(13,3)4;1-12(2)8-9-7-10(14)5-6-11(9)13(12,3)4;1-12(2)8-9-10(13(12,3)4)6-5-7-11(9)14/h5-11,19H,4H2,1-3H3;5-9,17H,1-4H3;5-7,15H,8-9H2,1-4H3;5-6,9,15H,7-8H2,1-4H3;2*5-7,14H,8H2,1-4H3. The average Bonchev–Trinajstić information content (AvgIpc) is 1.53. The minimum absolute atomic E-state index is 0.0230. The molecule has 8 aromatic carbocycles. The van der Waals surface area contributed by atoms with E-state index in [4.69, 9.17) is 0 Å². The fraction of sp³-hybridized carbons (Fsp3) is 0.471. The van der Waals surface area contributed by atoms with Crippen molar-refractivity contribution < 1.29 is 30.6 Å². The monoisotopic (exact) mass is 1270 g/mol. The van der Waals surface area contributed by atoms with Crippen molar-refractivity contribution in [3.8, 4) is 34.5 Å². The van der Waals surface area contributed by atoms with E-state index in [-0.39, 0.29) is 43.4 Å². The third-order valence-corrected chi connectivity index (χ3v) is 26.1. The molecule has 0 radical (unpaired) electrons. The van der Waals surface area contributed by atoms with Crippen LogP contribution in [0, 0.1) is 27.1 Å². The fourth-order valence-corrected chi connectivity index (χ4v) is 15.6. The molecule has 94 heavy (non-hydrogen) atoms. The minimum Gasteiger partial charge on any atom is -0.508 e. The second-order valence-electron chi connectivity index (χ2n) is 34.7. The molecule has 5 aliphatic rings. The zero-order valence-electron chi connectivity index (χ0n) is 61.4. The van der Waals surface area contributed by atoms with E-state index >= 15 is 0 Å². The SMILES string of the molecule is CC1(C)CCc2cc(O)ccc2C1(C)C.CC1(C)Cc2c(O)cccc2C1(C)C.CC1(C)Cc2cc(O)ccc2C1(C)C.CC1(C)Cc2ccc(O)cc2CC1(C)C.CC1(C)c2cccc3c(O)ccc(c23)C1(C)C.CCC(C)(C)n1c2ccccc2c2c(O)cccc21. The molecule has 0 spiro atoms. The Morgan fingerprint density at radius 3 is 1.38 bits per heavy atom. The van der Waals surface area contributed by atoms with E-state index in [2.05, 4.69) is 224 Å². The van der Waals surface area contributed by atoms with Gasteiger partial charge in [-0.3, -0.25) is 0 Å². The van der Waals surface area contributed by atoms with Crippen LogP contribution in [0.2, 0.25) is 0 Å². The summed E-state index contributed by atoms with van der Waals surface area (Å²) in [6.07, 6.45) is 7.51. The van der Waals surface area contributed by atoms with Gasteiger partial charge >= 0.3 is 0 Å². The van der Waals surface area contributed by atoms with Gasteiger partial charge in [0.25, 0.3) is 0 Å². The first-order valence-corrected chi connectivity index (χ1v) is 34.5. The molecule has 0 saturated heterocycles. The first-order chi connectivity index (χ1) is 43.3. The molecule has 14 rings (SSSR count). The van der Waals surface area contributed by atoms with E-state index in [0.717, 1.165) is 65.8 Å². The summed E-state index contributed by atoms with van der Waals surface area (Å²) in [5, 5.41) is 62.7. The molecule has 5 aliphatic carbocycles. The number of aromatic nitrogens is 1. The van der Waals surface area contributed by atoms with E-state index in [1.807, 2.05) is 60.7 Å². The fourth-order valence-electron chi connectivity index (χ4n) is 15.6. The van der Waals surface area contributed by atoms with Crippen molar-refractivity contribution >= 4 is 32.6 Å². The Labute approximate surface area is 564 Å². The van der Waals surface area contributed by atoms with E-state index < -0.39 is 0 Å². The van der Waals surface area contributed by atoms with Gasteiger partial charge in [-0.2, -0.15) is 0 Å². The third-order valence-electron chi connectivity index (χ3n) is 26.1. The van der Waals surface area contributed by atoms with Crippen LogP contribution in [0.4, 0.5) is 0 Å². The predicted octanol–water partition coefficient (Wildman–Crippen LogP) is 22.4. The number of aromatic hydroxyl groups is 6. The number of hydrogen-bond acceptors (Lipinski definition) is 6. The third kappa shape index (κ3) is 12.3. The van der Waals surface area contributed by atoms with Crippen molar-refractivity contribution in [2.75, 3.05) is 0 Å². The second kappa shape index (κ2) is 24.4. The molecule has 0 bridgehead atoms. The Hall–Kier alpha value is -7.38. The van der Waals surface area contributed by atoms with Crippen molar-refractivity contribution in [1.29, 1.82) is 0 Å². The van der Waals surface area contributed by atoms with Crippen LogP contribution in [-0.4, -0.2) is 35.2 Å². The summed E-state index contributed by atoms with van der Waals surface area (Å²) >= 11 is 0. The van der Waals surface area contributed by atoms with Gasteiger partial charge in [-0.1, -0.05) is 224 Å². The van der Waals surface area contributed by atoms with Crippen molar-refractivity contribution in [2.24, 2.45) is 27.1 Å².